The van der Waals surface area contributed by atoms with Crippen LogP contribution in [-0.4, -0.2) is 58.6 Å². The molecule has 1 amide bonds. The Hall–Kier alpha value is -2.75. The fraction of sp³-hybridized carbons (Fsp3) is 0.581. The standard InChI is InChI=1S/C24H29N3O3S.C3H8O2.2C2H6/c1-15-13-27(23(29)30-24(2,3)4)19-11-16(20-12-25-14-31-20)10-18(21(15)19)22(28)26-17-8-6-5-7-9-17;1-5-3-2-4;2*1-2/h10-14,17H,5-9H2,1-4H3,(H,26,28);4H,2-3H2,1H3;2*1-2H3. The molecule has 1 saturated carbocycles. The van der Waals surface area contributed by atoms with Gasteiger partial charge in [-0.05, 0) is 63.8 Å². The first-order valence-corrected chi connectivity index (χ1v) is 15.2. The summed E-state index contributed by atoms with van der Waals surface area (Å²) in [6.07, 6.45) is 8.64. The van der Waals surface area contributed by atoms with Crippen molar-refractivity contribution in [1.82, 2.24) is 14.9 Å². The summed E-state index contributed by atoms with van der Waals surface area (Å²) in [5.74, 6) is -0.0895. The highest BCUT2D eigenvalue weighted by molar-refractivity contribution is 7.13. The van der Waals surface area contributed by atoms with Gasteiger partial charge >= 0.3 is 6.09 Å². The van der Waals surface area contributed by atoms with Crippen LogP contribution >= 0.6 is 11.3 Å². The first-order valence-electron chi connectivity index (χ1n) is 14.3. The van der Waals surface area contributed by atoms with Crippen LogP contribution in [-0.2, 0) is 9.47 Å². The van der Waals surface area contributed by atoms with E-state index in [0.717, 1.165) is 47.1 Å². The van der Waals surface area contributed by atoms with Crippen molar-refractivity contribution in [2.75, 3.05) is 20.3 Å². The number of aromatic nitrogens is 2. The summed E-state index contributed by atoms with van der Waals surface area (Å²) >= 11 is 1.50. The molecule has 0 saturated heterocycles. The summed E-state index contributed by atoms with van der Waals surface area (Å²) in [5.41, 5.74) is 4.15. The number of carbonyl (C=O) groups is 2. The van der Waals surface area contributed by atoms with Crippen LogP contribution in [0.4, 0.5) is 4.79 Å². The van der Waals surface area contributed by atoms with E-state index < -0.39 is 11.7 Å². The van der Waals surface area contributed by atoms with Crippen LogP contribution in [0.1, 0.15) is 96.5 Å². The molecule has 4 rings (SSSR count). The maximum absolute atomic E-state index is 13.4. The molecule has 8 nitrogen and oxygen atoms in total. The number of amides is 1. The quantitative estimate of drug-likeness (QED) is 0.325. The molecule has 2 aromatic heterocycles. The molecule has 9 heteroatoms. The molecule has 1 fully saturated rings. The van der Waals surface area contributed by atoms with Crippen LogP contribution in [0, 0.1) is 6.92 Å². The van der Waals surface area contributed by atoms with E-state index in [1.165, 1.54) is 22.3 Å². The highest BCUT2D eigenvalue weighted by Gasteiger charge is 2.25. The Bertz CT molecular complexity index is 1160. The smallest absolute Gasteiger partial charge is 0.419 e. The minimum absolute atomic E-state index is 0.0895. The molecule has 0 radical (unpaired) electrons. The highest BCUT2D eigenvalue weighted by Crippen LogP contribution is 2.33. The van der Waals surface area contributed by atoms with Gasteiger partial charge in [0.15, 0.2) is 0 Å². The van der Waals surface area contributed by atoms with Crippen LogP contribution in [0.15, 0.2) is 30.0 Å². The molecular weight excluding hydrogens is 526 g/mol. The van der Waals surface area contributed by atoms with Crippen molar-refractivity contribution >= 4 is 34.2 Å². The fourth-order valence-corrected chi connectivity index (χ4v) is 4.91. The van der Waals surface area contributed by atoms with Gasteiger partial charge in [0.2, 0.25) is 0 Å². The van der Waals surface area contributed by atoms with Crippen LogP contribution in [0.3, 0.4) is 0 Å². The minimum atomic E-state index is -0.613. The van der Waals surface area contributed by atoms with Gasteiger partial charge in [-0.25, -0.2) is 4.79 Å². The molecule has 0 unspecified atom stereocenters. The number of carbonyl (C=O) groups excluding carboxylic acids is 2. The fourth-order valence-electron chi connectivity index (χ4n) is 4.30. The number of hydrogen-bond donors (Lipinski definition) is 2. The Balaban J connectivity index is 0.000000789. The van der Waals surface area contributed by atoms with Crippen LogP contribution < -0.4 is 5.32 Å². The van der Waals surface area contributed by atoms with Crippen molar-refractivity contribution < 1.29 is 24.2 Å². The third-order valence-corrected chi connectivity index (χ3v) is 6.70. The van der Waals surface area contributed by atoms with E-state index >= 15 is 0 Å². The molecule has 1 aliphatic rings. The predicted molar refractivity (Wildman–Crippen MR) is 165 cm³/mol. The summed E-state index contributed by atoms with van der Waals surface area (Å²) in [4.78, 5) is 31.4. The first kappa shape index (κ1) is 35.3. The summed E-state index contributed by atoms with van der Waals surface area (Å²) in [6, 6.07) is 4.06. The molecule has 2 N–H and O–H groups in total. The zero-order chi connectivity index (χ0) is 30.3. The molecule has 2 heterocycles. The van der Waals surface area contributed by atoms with E-state index in [1.54, 1.807) is 25.0 Å². The lowest BCUT2D eigenvalue weighted by atomic mass is 9.94. The average Bonchev–Trinajstić information content (AvgIpc) is 3.60. The highest BCUT2D eigenvalue weighted by atomic mass is 32.1. The number of aliphatic hydroxyl groups excluding tert-OH is 1. The van der Waals surface area contributed by atoms with Gasteiger partial charge in [0.1, 0.15) is 5.60 Å². The zero-order valence-corrected chi connectivity index (χ0v) is 26.6. The Morgan fingerprint density at radius 1 is 1.12 bits per heavy atom. The van der Waals surface area contributed by atoms with Gasteiger partial charge in [-0.3, -0.25) is 14.3 Å². The molecule has 224 valence electrons. The maximum Gasteiger partial charge on any atom is 0.419 e. The van der Waals surface area contributed by atoms with Gasteiger partial charge in [0.05, 0.1) is 29.1 Å². The van der Waals surface area contributed by atoms with E-state index in [9.17, 15) is 9.59 Å². The topological polar surface area (TPSA) is 103 Å². The summed E-state index contributed by atoms with van der Waals surface area (Å²) in [7, 11) is 1.55. The Kier molecular flexibility index (Phi) is 15.7. The van der Waals surface area contributed by atoms with Gasteiger partial charge < -0.3 is 19.9 Å². The molecule has 1 aromatic carbocycles. The predicted octanol–water partition coefficient (Wildman–Crippen LogP) is 7.60. The Labute approximate surface area is 244 Å². The lowest BCUT2D eigenvalue weighted by molar-refractivity contribution is 0.0544. The Morgan fingerprint density at radius 2 is 1.77 bits per heavy atom. The number of benzene rings is 1. The second kappa shape index (κ2) is 17.8. The van der Waals surface area contributed by atoms with Crippen LogP contribution in [0.5, 0.6) is 0 Å². The minimum Gasteiger partial charge on any atom is -0.443 e. The number of nitrogens with zero attached hydrogens (tertiary/aromatic N) is 2. The zero-order valence-electron chi connectivity index (χ0n) is 25.8. The molecular formula is C31H49N3O5S. The van der Waals surface area contributed by atoms with E-state index in [4.69, 9.17) is 9.84 Å². The number of aryl methyl sites for hydroxylation is 1. The van der Waals surface area contributed by atoms with Gasteiger partial charge in [0, 0.05) is 36.5 Å². The van der Waals surface area contributed by atoms with Crippen LogP contribution in [0.25, 0.3) is 21.3 Å². The number of rotatable bonds is 5. The van der Waals surface area contributed by atoms with Gasteiger partial charge in [0.25, 0.3) is 5.91 Å². The molecule has 40 heavy (non-hydrogen) atoms. The lowest BCUT2D eigenvalue weighted by Crippen LogP contribution is -2.36. The maximum atomic E-state index is 13.4. The number of aliphatic hydroxyl groups is 1. The van der Waals surface area contributed by atoms with Crippen molar-refractivity contribution in [2.45, 2.75) is 99.1 Å². The van der Waals surface area contributed by atoms with Crippen molar-refractivity contribution in [1.29, 1.82) is 0 Å². The van der Waals surface area contributed by atoms with Gasteiger partial charge in [-0.1, -0.05) is 47.0 Å². The molecule has 0 spiro atoms. The van der Waals surface area contributed by atoms with E-state index in [-0.39, 0.29) is 18.6 Å². The number of thiazole rings is 1. The monoisotopic (exact) mass is 575 g/mol. The van der Waals surface area contributed by atoms with Crippen molar-refractivity contribution in [3.63, 3.8) is 0 Å². The molecule has 1 aliphatic carbocycles. The number of nitrogens with one attached hydrogen (secondary N) is 1. The Morgan fingerprint density at radius 3 is 2.27 bits per heavy atom. The van der Waals surface area contributed by atoms with Crippen LogP contribution in [0.2, 0.25) is 0 Å². The van der Waals surface area contributed by atoms with E-state index in [0.29, 0.717) is 17.7 Å². The normalized spacial score (nSPS) is 13.2. The van der Waals surface area contributed by atoms with Crippen molar-refractivity contribution in [3.8, 4) is 10.4 Å². The second-order valence-corrected chi connectivity index (χ2v) is 10.9. The second-order valence-electron chi connectivity index (χ2n) is 9.97. The summed E-state index contributed by atoms with van der Waals surface area (Å²) < 4.78 is 11.6. The molecule has 0 bridgehead atoms. The first-order chi connectivity index (χ1) is 19.1. The molecule has 3 aromatic rings. The van der Waals surface area contributed by atoms with Crippen molar-refractivity contribution in [3.05, 3.63) is 41.2 Å². The SMILES string of the molecule is CC.CC.COCCO.Cc1cn(C(=O)OC(C)(C)C)c2cc(-c3cncs3)cc(C(=O)NC3CCCCC3)c12. The third-order valence-electron chi connectivity index (χ3n) is 5.88. The van der Waals surface area contributed by atoms with E-state index in [2.05, 4.69) is 15.0 Å². The lowest BCUT2D eigenvalue weighted by Gasteiger charge is -2.23. The van der Waals surface area contributed by atoms with Gasteiger partial charge in [-0.15, -0.1) is 11.3 Å². The largest absolute Gasteiger partial charge is 0.443 e. The molecule has 0 atom stereocenters. The van der Waals surface area contributed by atoms with Crippen molar-refractivity contribution in [2.24, 2.45) is 0 Å². The number of ether oxygens (including phenoxy) is 2. The molecule has 0 aliphatic heterocycles. The average molecular weight is 576 g/mol. The number of hydrogen-bond acceptors (Lipinski definition) is 7. The van der Waals surface area contributed by atoms with E-state index in [1.807, 2.05) is 67.5 Å². The van der Waals surface area contributed by atoms with Gasteiger partial charge in [-0.2, -0.15) is 0 Å². The third kappa shape index (κ3) is 10.3. The number of fused-ring (bicyclic) bond motifs is 1. The number of methoxy groups -OCH3 is 1. The summed E-state index contributed by atoms with van der Waals surface area (Å²) in [6.45, 7) is 16.0. The summed E-state index contributed by atoms with van der Waals surface area (Å²) in [5, 5.41) is 12.0.